The molecule has 0 radical (unpaired) electrons. The van der Waals surface area contributed by atoms with Crippen LogP contribution in [0.25, 0.3) is 0 Å². The maximum Gasteiger partial charge on any atom is 0.255 e. The fraction of sp³-hybridized carbons (Fsp3) is 0.316. The number of carbonyl (C=O) groups excluding carboxylic acids is 1. The van der Waals surface area contributed by atoms with Crippen LogP contribution in [0.1, 0.15) is 35.7 Å². The van der Waals surface area contributed by atoms with Gasteiger partial charge in [0.1, 0.15) is 0 Å². The molecule has 6 nitrogen and oxygen atoms in total. The van der Waals surface area contributed by atoms with Gasteiger partial charge in [-0.25, -0.2) is 13.1 Å². The van der Waals surface area contributed by atoms with Crippen molar-refractivity contribution in [1.82, 2.24) is 10.0 Å². The van der Waals surface area contributed by atoms with E-state index in [1.54, 1.807) is 12.1 Å². The van der Waals surface area contributed by atoms with E-state index in [0.717, 1.165) is 31.5 Å². The molecular weight excluding hydrogens is 350 g/mol. The van der Waals surface area contributed by atoms with Gasteiger partial charge in [0, 0.05) is 23.8 Å². The van der Waals surface area contributed by atoms with Gasteiger partial charge in [0.05, 0.1) is 4.90 Å². The standard InChI is InChI=1S/C19H23N3O3S/c1-2-20-13-14-5-3-7-17(11-14)21-19(23)15-6-4-8-18(12-15)26(24,25)22-16-9-10-16/h3-8,11-12,16,20,22H,2,9-10,13H2,1H3,(H,21,23). The predicted octanol–water partition coefficient (Wildman–Crippen LogP) is 2.49. The molecule has 1 saturated carbocycles. The summed E-state index contributed by atoms with van der Waals surface area (Å²) in [6.07, 6.45) is 1.73. The van der Waals surface area contributed by atoms with Crippen molar-refractivity contribution in [1.29, 1.82) is 0 Å². The van der Waals surface area contributed by atoms with Gasteiger partial charge < -0.3 is 10.6 Å². The van der Waals surface area contributed by atoms with Crippen LogP contribution >= 0.6 is 0 Å². The number of amides is 1. The Hall–Kier alpha value is -2.22. The Balaban J connectivity index is 1.73. The fourth-order valence-corrected chi connectivity index (χ4v) is 3.88. The molecule has 138 valence electrons. The van der Waals surface area contributed by atoms with E-state index in [-0.39, 0.29) is 16.8 Å². The number of sulfonamides is 1. The second kappa shape index (κ2) is 7.99. The highest BCUT2D eigenvalue weighted by Crippen LogP contribution is 2.22. The predicted molar refractivity (Wildman–Crippen MR) is 102 cm³/mol. The van der Waals surface area contributed by atoms with Gasteiger partial charge in [-0.3, -0.25) is 4.79 Å². The van der Waals surface area contributed by atoms with Crippen LogP contribution in [0.2, 0.25) is 0 Å². The van der Waals surface area contributed by atoms with Crippen molar-refractivity contribution in [3.05, 3.63) is 59.7 Å². The molecule has 2 aromatic rings. The SMILES string of the molecule is CCNCc1cccc(NC(=O)c2cccc(S(=O)(=O)NC3CC3)c2)c1. The first-order valence-electron chi connectivity index (χ1n) is 8.71. The molecule has 2 aromatic carbocycles. The van der Waals surface area contributed by atoms with E-state index in [2.05, 4.69) is 15.4 Å². The Kier molecular flexibility index (Phi) is 5.70. The highest BCUT2D eigenvalue weighted by Gasteiger charge is 2.28. The molecule has 0 bridgehead atoms. The maximum atomic E-state index is 12.5. The first kappa shape index (κ1) is 18.6. The van der Waals surface area contributed by atoms with Crippen molar-refractivity contribution in [3.8, 4) is 0 Å². The molecule has 1 fully saturated rings. The fourth-order valence-electron chi connectivity index (χ4n) is 2.52. The third-order valence-corrected chi connectivity index (χ3v) is 5.59. The average Bonchev–Trinajstić information content (AvgIpc) is 3.43. The first-order valence-corrected chi connectivity index (χ1v) is 10.2. The smallest absolute Gasteiger partial charge is 0.255 e. The van der Waals surface area contributed by atoms with Gasteiger partial charge in [-0.05, 0) is 55.3 Å². The van der Waals surface area contributed by atoms with Crippen molar-refractivity contribution in [2.24, 2.45) is 0 Å². The summed E-state index contributed by atoms with van der Waals surface area (Å²) in [5.74, 6) is -0.339. The van der Waals surface area contributed by atoms with Crippen LogP contribution in [0.5, 0.6) is 0 Å². The van der Waals surface area contributed by atoms with Crippen LogP contribution < -0.4 is 15.4 Å². The van der Waals surface area contributed by atoms with Crippen molar-refractivity contribution in [3.63, 3.8) is 0 Å². The molecule has 1 aliphatic rings. The van der Waals surface area contributed by atoms with E-state index in [1.165, 1.54) is 12.1 Å². The van der Waals surface area contributed by atoms with Gasteiger partial charge in [-0.2, -0.15) is 0 Å². The summed E-state index contributed by atoms with van der Waals surface area (Å²) in [4.78, 5) is 12.6. The number of rotatable bonds is 8. The van der Waals surface area contributed by atoms with E-state index < -0.39 is 10.0 Å². The second-order valence-corrected chi connectivity index (χ2v) is 8.07. The van der Waals surface area contributed by atoms with Crippen molar-refractivity contribution < 1.29 is 13.2 Å². The molecule has 26 heavy (non-hydrogen) atoms. The molecule has 3 rings (SSSR count). The highest BCUT2D eigenvalue weighted by atomic mass is 32.2. The van der Waals surface area contributed by atoms with E-state index >= 15 is 0 Å². The number of hydrogen-bond acceptors (Lipinski definition) is 4. The lowest BCUT2D eigenvalue weighted by molar-refractivity contribution is 0.102. The molecular formula is C19H23N3O3S. The van der Waals surface area contributed by atoms with E-state index in [1.807, 2.05) is 31.2 Å². The number of nitrogens with one attached hydrogen (secondary N) is 3. The van der Waals surface area contributed by atoms with Crippen LogP contribution in [0.15, 0.2) is 53.4 Å². The molecule has 3 N–H and O–H groups in total. The molecule has 1 aliphatic carbocycles. The van der Waals surface area contributed by atoms with Gasteiger partial charge in [-0.15, -0.1) is 0 Å². The normalized spacial score (nSPS) is 14.2. The molecule has 0 heterocycles. The average molecular weight is 373 g/mol. The summed E-state index contributed by atoms with van der Waals surface area (Å²) in [5.41, 5.74) is 2.05. The number of benzene rings is 2. The Bertz CT molecular complexity index is 892. The summed E-state index contributed by atoms with van der Waals surface area (Å²) in [7, 11) is -3.58. The van der Waals surface area contributed by atoms with E-state index in [4.69, 9.17) is 0 Å². The molecule has 7 heteroatoms. The maximum absolute atomic E-state index is 12.5. The van der Waals surface area contributed by atoms with E-state index in [0.29, 0.717) is 11.3 Å². The molecule has 0 saturated heterocycles. The van der Waals surface area contributed by atoms with Gasteiger partial charge >= 0.3 is 0 Å². The number of carbonyl (C=O) groups is 1. The lowest BCUT2D eigenvalue weighted by Crippen LogP contribution is -2.26. The monoisotopic (exact) mass is 373 g/mol. The lowest BCUT2D eigenvalue weighted by atomic mass is 10.1. The summed E-state index contributed by atoms with van der Waals surface area (Å²) in [5, 5.41) is 6.06. The molecule has 0 atom stereocenters. The summed E-state index contributed by atoms with van der Waals surface area (Å²) < 4.78 is 27.2. The molecule has 0 aromatic heterocycles. The second-order valence-electron chi connectivity index (χ2n) is 6.36. The molecule has 0 spiro atoms. The summed E-state index contributed by atoms with van der Waals surface area (Å²) in [6, 6.07) is 13.7. The minimum absolute atomic E-state index is 0.0250. The number of anilines is 1. The third kappa shape index (κ3) is 4.91. The van der Waals surface area contributed by atoms with Gasteiger partial charge in [-0.1, -0.05) is 25.1 Å². The minimum atomic E-state index is -3.58. The van der Waals surface area contributed by atoms with Crippen molar-refractivity contribution in [2.75, 3.05) is 11.9 Å². The van der Waals surface area contributed by atoms with Crippen LogP contribution in [0, 0.1) is 0 Å². The van der Waals surface area contributed by atoms with Crippen molar-refractivity contribution >= 4 is 21.6 Å². The Morgan fingerprint density at radius 1 is 1.12 bits per heavy atom. The Labute approximate surface area is 154 Å². The quantitative estimate of drug-likeness (QED) is 0.663. The molecule has 0 unspecified atom stereocenters. The largest absolute Gasteiger partial charge is 0.322 e. The van der Waals surface area contributed by atoms with Crippen LogP contribution in [-0.4, -0.2) is 26.9 Å². The van der Waals surface area contributed by atoms with Gasteiger partial charge in [0.2, 0.25) is 10.0 Å². The third-order valence-electron chi connectivity index (χ3n) is 4.07. The first-order chi connectivity index (χ1) is 12.5. The molecule has 1 amide bonds. The number of hydrogen-bond donors (Lipinski definition) is 3. The highest BCUT2D eigenvalue weighted by molar-refractivity contribution is 7.89. The Morgan fingerprint density at radius 2 is 1.88 bits per heavy atom. The topological polar surface area (TPSA) is 87.3 Å². The zero-order chi connectivity index (χ0) is 18.6. The van der Waals surface area contributed by atoms with Crippen LogP contribution in [0.3, 0.4) is 0 Å². The van der Waals surface area contributed by atoms with Gasteiger partial charge in [0.15, 0.2) is 0 Å². The summed E-state index contributed by atoms with van der Waals surface area (Å²) in [6.45, 7) is 3.62. The van der Waals surface area contributed by atoms with E-state index in [9.17, 15) is 13.2 Å². The van der Waals surface area contributed by atoms with Gasteiger partial charge in [0.25, 0.3) is 5.91 Å². The zero-order valence-electron chi connectivity index (χ0n) is 14.7. The molecule has 0 aliphatic heterocycles. The minimum Gasteiger partial charge on any atom is -0.322 e. The summed E-state index contributed by atoms with van der Waals surface area (Å²) >= 11 is 0. The van der Waals surface area contributed by atoms with Crippen LogP contribution in [-0.2, 0) is 16.6 Å². The lowest BCUT2D eigenvalue weighted by Gasteiger charge is -2.10. The zero-order valence-corrected chi connectivity index (χ0v) is 15.5. The van der Waals surface area contributed by atoms with Crippen LogP contribution in [0.4, 0.5) is 5.69 Å². The Morgan fingerprint density at radius 3 is 2.62 bits per heavy atom. The van der Waals surface area contributed by atoms with Crippen molar-refractivity contribution in [2.45, 2.75) is 37.2 Å².